The fourth-order valence-electron chi connectivity index (χ4n) is 1.46. The van der Waals surface area contributed by atoms with Gasteiger partial charge in [-0.2, -0.15) is 0 Å². The van der Waals surface area contributed by atoms with E-state index in [2.05, 4.69) is 4.98 Å². The van der Waals surface area contributed by atoms with Crippen LogP contribution in [0.4, 0.5) is 0 Å². The molecule has 0 saturated heterocycles. The molecule has 1 aliphatic carbocycles. The van der Waals surface area contributed by atoms with Gasteiger partial charge in [-0.15, -0.1) is 0 Å². The van der Waals surface area contributed by atoms with E-state index < -0.39 is 5.91 Å². The summed E-state index contributed by atoms with van der Waals surface area (Å²) in [6.45, 7) is 0. The Hall–Kier alpha value is -1.71. The quantitative estimate of drug-likeness (QED) is 0.719. The van der Waals surface area contributed by atoms with Gasteiger partial charge in [0.2, 0.25) is 0 Å². The van der Waals surface area contributed by atoms with E-state index in [-0.39, 0.29) is 5.69 Å². The van der Waals surface area contributed by atoms with E-state index in [1.807, 2.05) is 0 Å². The molecule has 0 unspecified atom stereocenters. The van der Waals surface area contributed by atoms with Crippen LogP contribution in [-0.4, -0.2) is 17.2 Å². The molecule has 1 amide bonds. The first kappa shape index (κ1) is 8.87. The van der Waals surface area contributed by atoms with Crippen LogP contribution in [-0.2, 0) is 0 Å². The van der Waals surface area contributed by atoms with E-state index in [0.717, 1.165) is 24.7 Å². The van der Waals surface area contributed by atoms with Gasteiger partial charge in [0, 0.05) is 11.8 Å². The summed E-state index contributed by atoms with van der Waals surface area (Å²) < 4.78 is 0. The maximum atomic E-state index is 10.9. The lowest BCUT2D eigenvalue weighted by Gasteiger charge is -2.03. The molecule has 72 valence electrons. The van der Waals surface area contributed by atoms with Crippen LogP contribution in [0.5, 0.6) is 0 Å². The minimum absolute atomic E-state index is 0.234. The Bertz CT molecular complexity index is 397. The van der Waals surface area contributed by atoms with Gasteiger partial charge in [0.15, 0.2) is 6.29 Å². The van der Waals surface area contributed by atoms with E-state index in [0.29, 0.717) is 11.5 Å². The van der Waals surface area contributed by atoms with Crippen molar-refractivity contribution in [3.63, 3.8) is 0 Å². The molecule has 14 heavy (non-hydrogen) atoms. The Morgan fingerprint density at radius 1 is 1.57 bits per heavy atom. The molecule has 2 N–H and O–H groups in total. The van der Waals surface area contributed by atoms with Gasteiger partial charge in [0.25, 0.3) is 5.91 Å². The lowest BCUT2D eigenvalue weighted by molar-refractivity contribution is 0.0994. The molecule has 1 heterocycles. The summed E-state index contributed by atoms with van der Waals surface area (Å²) in [6, 6.07) is 1.63. The standard InChI is InChI=1S/C10H10N2O2/c11-10(14)9-3-8(6-1-2-6)7(5-13)4-12-9/h3-6H,1-2H2,(H2,11,14). The van der Waals surface area contributed by atoms with Gasteiger partial charge in [-0.3, -0.25) is 14.6 Å². The first-order chi connectivity index (χ1) is 6.72. The van der Waals surface area contributed by atoms with Gasteiger partial charge in [-0.1, -0.05) is 0 Å². The van der Waals surface area contributed by atoms with E-state index in [4.69, 9.17) is 5.73 Å². The van der Waals surface area contributed by atoms with E-state index in [1.54, 1.807) is 6.07 Å². The molecule has 1 fully saturated rings. The normalized spacial score (nSPS) is 15.1. The molecule has 0 spiro atoms. The predicted molar refractivity (Wildman–Crippen MR) is 50.1 cm³/mol. The van der Waals surface area contributed by atoms with Crippen molar-refractivity contribution in [2.45, 2.75) is 18.8 Å². The SMILES string of the molecule is NC(=O)c1cc(C2CC2)c(C=O)cn1. The van der Waals surface area contributed by atoms with Crippen LogP contribution < -0.4 is 5.73 Å². The lowest BCUT2D eigenvalue weighted by Crippen LogP contribution is -2.13. The fraction of sp³-hybridized carbons (Fsp3) is 0.300. The maximum Gasteiger partial charge on any atom is 0.267 e. The van der Waals surface area contributed by atoms with Crippen LogP contribution in [0, 0.1) is 0 Å². The highest BCUT2D eigenvalue weighted by Crippen LogP contribution is 2.41. The molecule has 2 rings (SSSR count). The van der Waals surface area contributed by atoms with Gasteiger partial charge in [0.05, 0.1) is 0 Å². The van der Waals surface area contributed by atoms with Crippen molar-refractivity contribution in [3.05, 3.63) is 29.1 Å². The number of hydrogen-bond acceptors (Lipinski definition) is 3. The largest absolute Gasteiger partial charge is 0.364 e. The molecule has 4 nitrogen and oxygen atoms in total. The molecule has 0 aliphatic heterocycles. The number of pyridine rings is 1. The van der Waals surface area contributed by atoms with Crippen molar-refractivity contribution < 1.29 is 9.59 Å². The van der Waals surface area contributed by atoms with Gasteiger partial charge in [0.1, 0.15) is 5.69 Å². The highest BCUT2D eigenvalue weighted by atomic mass is 16.1. The molecule has 0 atom stereocenters. The average molecular weight is 190 g/mol. The van der Waals surface area contributed by atoms with Crippen LogP contribution in [0.1, 0.15) is 45.2 Å². The number of carbonyl (C=O) groups excluding carboxylic acids is 2. The molecule has 1 aromatic rings. The number of nitrogens with two attached hydrogens (primary N) is 1. The Morgan fingerprint density at radius 3 is 2.79 bits per heavy atom. The minimum atomic E-state index is -0.552. The molecule has 0 radical (unpaired) electrons. The monoisotopic (exact) mass is 190 g/mol. The van der Waals surface area contributed by atoms with Crippen molar-refractivity contribution in [1.29, 1.82) is 0 Å². The molecular weight excluding hydrogens is 180 g/mol. The van der Waals surface area contributed by atoms with Crippen LogP contribution in [0.3, 0.4) is 0 Å². The second-order valence-corrected chi connectivity index (χ2v) is 3.45. The molecule has 1 aromatic heterocycles. The summed E-state index contributed by atoms with van der Waals surface area (Å²) in [5.41, 5.74) is 6.81. The summed E-state index contributed by atoms with van der Waals surface area (Å²) in [5.74, 6) is -0.138. The predicted octanol–water partition coefficient (Wildman–Crippen LogP) is 0.870. The maximum absolute atomic E-state index is 10.9. The Labute approximate surface area is 81.1 Å². The Balaban J connectivity index is 2.46. The fourth-order valence-corrected chi connectivity index (χ4v) is 1.46. The molecule has 1 saturated carbocycles. The van der Waals surface area contributed by atoms with E-state index in [1.165, 1.54) is 6.20 Å². The molecule has 1 aliphatic rings. The van der Waals surface area contributed by atoms with Crippen molar-refractivity contribution >= 4 is 12.2 Å². The third-order valence-electron chi connectivity index (χ3n) is 2.36. The van der Waals surface area contributed by atoms with E-state index >= 15 is 0 Å². The van der Waals surface area contributed by atoms with Gasteiger partial charge >= 0.3 is 0 Å². The second kappa shape index (κ2) is 3.21. The van der Waals surface area contributed by atoms with Gasteiger partial charge in [-0.25, -0.2) is 0 Å². The zero-order valence-corrected chi connectivity index (χ0v) is 7.56. The van der Waals surface area contributed by atoms with Crippen molar-refractivity contribution in [2.75, 3.05) is 0 Å². The number of aldehydes is 1. The first-order valence-corrected chi connectivity index (χ1v) is 4.47. The third-order valence-corrected chi connectivity index (χ3v) is 2.36. The molecular formula is C10H10N2O2. The molecule has 4 heteroatoms. The first-order valence-electron chi connectivity index (χ1n) is 4.47. The van der Waals surface area contributed by atoms with Crippen LogP contribution in [0.15, 0.2) is 12.3 Å². The molecule has 0 bridgehead atoms. The Morgan fingerprint density at radius 2 is 2.29 bits per heavy atom. The summed E-state index contributed by atoms with van der Waals surface area (Å²) >= 11 is 0. The number of rotatable bonds is 3. The van der Waals surface area contributed by atoms with Crippen molar-refractivity contribution in [1.82, 2.24) is 4.98 Å². The summed E-state index contributed by atoms with van der Waals surface area (Å²) in [4.78, 5) is 25.4. The van der Waals surface area contributed by atoms with Crippen LogP contribution in [0.25, 0.3) is 0 Å². The second-order valence-electron chi connectivity index (χ2n) is 3.45. The molecule has 0 aromatic carbocycles. The number of aromatic nitrogens is 1. The highest BCUT2D eigenvalue weighted by Gasteiger charge is 2.26. The topological polar surface area (TPSA) is 73.1 Å². The van der Waals surface area contributed by atoms with Crippen molar-refractivity contribution in [3.8, 4) is 0 Å². The van der Waals surface area contributed by atoms with Gasteiger partial charge in [-0.05, 0) is 30.4 Å². The minimum Gasteiger partial charge on any atom is -0.364 e. The highest BCUT2D eigenvalue weighted by molar-refractivity contribution is 5.91. The van der Waals surface area contributed by atoms with Crippen LogP contribution >= 0.6 is 0 Å². The number of primary amides is 1. The summed E-state index contributed by atoms with van der Waals surface area (Å²) in [6.07, 6.45) is 4.33. The number of carbonyl (C=O) groups is 2. The van der Waals surface area contributed by atoms with Crippen molar-refractivity contribution in [2.24, 2.45) is 5.73 Å². The third kappa shape index (κ3) is 1.51. The summed E-state index contributed by atoms with van der Waals surface area (Å²) in [7, 11) is 0. The Kier molecular flexibility index (Phi) is 2.04. The lowest BCUT2D eigenvalue weighted by atomic mass is 10.1. The van der Waals surface area contributed by atoms with Crippen LogP contribution in [0.2, 0.25) is 0 Å². The smallest absolute Gasteiger partial charge is 0.267 e. The van der Waals surface area contributed by atoms with Gasteiger partial charge < -0.3 is 5.73 Å². The average Bonchev–Trinajstić information content (AvgIpc) is 3.00. The number of nitrogens with zero attached hydrogens (tertiary/aromatic N) is 1. The summed E-state index contributed by atoms with van der Waals surface area (Å²) in [5, 5.41) is 0. The number of amides is 1. The zero-order chi connectivity index (χ0) is 10.1. The number of hydrogen-bond donors (Lipinski definition) is 1. The zero-order valence-electron chi connectivity index (χ0n) is 7.56. The van der Waals surface area contributed by atoms with E-state index in [9.17, 15) is 9.59 Å².